The SMILES string of the molecule is Cn1cc(-c2ccc3cnc(CC(=O)C4CCC(CCC(F)F)CC4)cc3c2)cn1. The fraction of sp³-hybridized carbons (Fsp3) is 0.458. The maximum atomic E-state index is 12.8. The summed E-state index contributed by atoms with van der Waals surface area (Å²) in [6.45, 7) is 0. The van der Waals surface area contributed by atoms with Gasteiger partial charge in [-0.2, -0.15) is 5.10 Å². The lowest BCUT2D eigenvalue weighted by Crippen LogP contribution is -2.23. The van der Waals surface area contributed by atoms with Gasteiger partial charge in [0.05, 0.1) is 6.20 Å². The summed E-state index contributed by atoms with van der Waals surface area (Å²) in [5.74, 6) is 0.595. The molecule has 0 aliphatic heterocycles. The van der Waals surface area contributed by atoms with Crippen molar-refractivity contribution in [1.82, 2.24) is 14.8 Å². The molecule has 0 saturated heterocycles. The first kappa shape index (κ1) is 20.6. The number of halogens is 2. The molecule has 0 unspecified atom stereocenters. The van der Waals surface area contributed by atoms with Crippen LogP contribution in [-0.4, -0.2) is 27.0 Å². The minimum Gasteiger partial charge on any atom is -0.299 e. The van der Waals surface area contributed by atoms with Crippen LogP contribution >= 0.6 is 0 Å². The first-order chi connectivity index (χ1) is 14.5. The van der Waals surface area contributed by atoms with E-state index in [0.29, 0.717) is 18.8 Å². The Hall–Kier alpha value is -2.63. The van der Waals surface area contributed by atoms with Crippen molar-refractivity contribution in [2.24, 2.45) is 18.9 Å². The zero-order valence-corrected chi connectivity index (χ0v) is 17.2. The molecule has 1 aliphatic rings. The third-order valence-electron chi connectivity index (χ3n) is 6.27. The predicted octanol–water partition coefficient (Wildman–Crippen LogP) is 5.60. The topological polar surface area (TPSA) is 47.8 Å². The Morgan fingerprint density at radius 1 is 1.10 bits per heavy atom. The van der Waals surface area contributed by atoms with Gasteiger partial charge in [0.15, 0.2) is 0 Å². The minimum atomic E-state index is -2.22. The number of fused-ring (bicyclic) bond motifs is 1. The summed E-state index contributed by atoms with van der Waals surface area (Å²) in [7, 11) is 1.89. The summed E-state index contributed by atoms with van der Waals surface area (Å²) in [4.78, 5) is 17.3. The summed E-state index contributed by atoms with van der Waals surface area (Å²) >= 11 is 0. The van der Waals surface area contributed by atoms with Crippen LogP contribution in [0.1, 0.15) is 44.2 Å². The van der Waals surface area contributed by atoms with Gasteiger partial charge < -0.3 is 0 Å². The molecule has 2 heterocycles. The Morgan fingerprint density at radius 3 is 2.60 bits per heavy atom. The zero-order valence-electron chi connectivity index (χ0n) is 17.2. The molecule has 6 heteroatoms. The van der Waals surface area contributed by atoms with E-state index in [1.807, 2.05) is 37.8 Å². The van der Waals surface area contributed by atoms with Crippen LogP contribution in [-0.2, 0) is 18.3 Å². The lowest BCUT2D eigenvalue weighted by atomic mass is 9.77. The molecule has 0 amide bonds. The standard InChI is InChI=1S/C24H27F2N3O/c1-29-15-21(14-28-29)18-7-8-19-13-27-22(11-20(19)10-18)12-23(30)17-5-2-16(3-6-17)4-9-24(25)26/h7-8,10-11,13-17,24H,2-6,9,12H2,1H3. The number of carbonyl (C=O) groups is 1. The van der Waals surface area contributed by atoms with Crippen LogP contribution < -0.4 is 0 Å². The minimum absolute atomic E-state index is 0.0225. The average Bonchev–Trinajstić information content (AvgIpc) is 3.18. The van der Waals surface area contributed by atoms with Gasteiger partial charge in [-0.1, -0.05) is 12.1 Å². The average molecular weight is 411 g/mol. The van der Waals surface area contributed by atoms with Crippen LogP contribution in [0.2, 0.25) is 0 Å². The third kappa shape index (κ3) is 4.91. The van der Waals surface area contributed by atoms with Crippen LogP contribution in [0.4, 0.5) is 8.78 Å². The highest BCUT2D eigenvalue weighted by molar-refractivity contribution is 5.88. The van der Waals surface area contributed by atoms with E-state index in [4.69, 9.17) is 0 Å². The van der Waals surface area contributed by atoms with Crippen LogP contribution in [0.3, 0.4) is 0 Å². The molecule has 1 aromatic carbocycles. The number of hydrogen-bond acceptors (Lipinski definition) is 3. The van der Waals surface area contributed by atoms with Gasteiger partial charge in [-0.3, -0.25) is 14.5 Å². The third-order valence-corrected chi connectivity index (χ3v) is 6.27. The number of Topliss-reactive ketones (excluding diaryl/α,β-unsaturated/α-hetero) is 1. The molecule has 3 aromatic rings. The molecule has 4 rings (SSSR count). The molecule has 1 saturated carbocycles. The molecule has 30 heavy (non-hydrogen) atoms. The fourth-order valence-electron chi connectivity index (χ4n) is 4.49. The van der Waals surface area contributed by atoms with E-state index in [1.54, 1.807) is 4.68 Å². The van der Waals surface area contributed by atoms with Crippen molar-refractivity contribution in [1.29, 1.82) is 0 Å². The van der Waals surface area contributed by atoms with Gasteiger partial charge in [-0.15, -0.1) is 0 Å². The number of aryl methyl sites for hydroxylation is 1. The van der Waals surface area contributed by atoms with Gasteiger partial charge in [0.2, 0.25) is 6.43 Å². The quantitative estimate of drug-likeness (QED) is 0.509. The molecule has 0 radical (unpaired) electrons. The lowest BCUT2D eigenvalue weighted by molar-refractivity contribution is -0.123. The fourth-order valence-corrected chi connectivity index (χ4v) is 4.49. The van der Waals surface area contributed by atoms with Gasteiger partial charge >= 0.3 is 0 Å². The smallest absolute Gasteiger partial charge is 0.238 e. The van der Waals surface area contributed by atoms with Crippen molar-refractivity contribution < 1.29 is 13.6 Å². The maximum Gasteiger partial charge on any atom is 0.238 e. The molecule has 158 valence electrons. The number of rotatable bonds is 7. The molecule has 1 fully saturated rings. The molecule has 0 atom stereocenters. The highest BCUT2D eigenvalue weighted by Gasteiger charge is 2.26. The number of carbonyl (C=O) groups excluding carboxylic acids is 1. The number of hydrogen-bond donors (Lipinski definition) is 0. The second kappa shape index (κ2) is 9.02. The van der Waals surface area contributed by atoms with Crippen molar-refractivity contribution in [3.05, 3.63) is 48.5 Å². The van der Waals surface area contributed by atoms with Crippen LogP contribution in [0, 0.1) is 11.8 Å². The van der Waals surface area contributed by atoms with Crippen LogP contribution in [0.25, 0.3) is 21.9 Å². The highest BCUT2D eigenvalue weighted by Crippen LogP contribution is 2.33. The Labute approximate surface area is 175 Å². The molecule has 0 N–H and O–H groups in total. The van der Waals surface area contributed by atoms with E-state index in [1.165, 1.54) is 0 Å². The predicted molar refractivity (Wildman–Crippen MR) is 113 cm³/mol. The second-order valence-electron chi connectivity index (χ2n) is 8.47. The number of nitrogens with zero attached hydrogens (tertiary/aromatic N) is 3. The van der Waals surface area contributed by atoms with E-state index < -0.39 is 6.43 Å². The van der Waals surface area contributed by atoms with Crippen LogP contribution in [0.5, 0.6) is 0 Å². The van der Waals surface area contributed by atoms with Gasteiger partial charge in [0.25, 0.3) is 0 Å². The van der Waals surface area contributed by atoms with Crippen LogP contribution in [0.15, 0.2) is 42.9 Å². The van der Waals surface area contributed by atoms with Gasteiger partial charge in [-0.25, -0.2) is 8.78 Å². The van der Waals surface area contributed by atoms with Crippen molar-refractivity contribution in [3.8, 4) is 11.1 Å². The van der Waals surface area contributed by atoms with Crippen molar-refractivity contribution in [3.63, 3.8) is 0 Å². The van der Waals surface area contributed by atoms with E-state index in [9.17, 15) is 13.6 Å². The molecule has 1 aliphatic carbocycles. The summed E-state index contributed by atoms with van der Waals surface area (Å²) in [5, 5.41) is 6.33. The van der Waals surface area contributed by atoms with E-state index in [-0.39, 0.29) is 18.1 Å². The Balaban J connectivity index is 1.40. The summed E-state index contributed by atoms with van der Waals surface area (Å²) < 4.78 is 26.6. The Bertz CT molecular complexity index is 1020. The van der Waals surface area contributed by atoms with Crippen molar-refractivity contribution in [2.45, 2.75) is 51.4 Å². The van der Waals surface area contributed by atoms with Gasteiger partial charge in [0.1, 0.15) is 5.78 Å². The number of pyridine rings is 1. The normalized spacial score (nSPS) is 19.5. The number of aromatic nitrogens is 3. The van der Waals surface area contributed by atoms with Gasteiger partial charge in [0, 0.05) is 54.8 Å². The molecular formula is C24H27F2N3O. The van der Waals surface area contributed by atoms with E-state index in [2.05, 4.69) is 22.2 Å². The van der Waals surface area contributed by atoms with E-state index >= 15 is 0 Å². The Kier molecular flexibility index (Phi) is 6.21. The van der Waals surface area contributed by atoms with Crippen molar-refractivity contribution in [2.75, 3.05) is 0 Å². The number of ketones is 1. The zero-order chi connectivity index (χ0) is 21.1. The summed E-state index contributed by atoms with van der Waals surface area (Å²) in [6, 6.07) is 8.20. The Morgan fingerprint density at radius 2 is 1.90 bits per heavy atom. The molecule has 0 bridgehead atoms. The first-order valence-electron chi connectivity index (χ1n) is 10.7. The lowest BCUT2D eigenvalue weighted by Gasteiger charge is -2.27. The maximum absolute atomic E-state index is 12.8. The molecule has 4 nitrogen and oxygen atoms in total. The monoisotopic (exact) mass is 411 g/mol. The van der Waals surface area contributed by atoms with E-state index in [0.717, 1.165) is 53.3 Å². The molecule has 0 spiro atoms. The molecule has 2 aromatic heterocycles. The summed E-state index contributed by atoms with van der Waals surface area (Å²) in [6.07, 6.45) is 7.68. The largest absolute Gasteiger partial charge is 0.299 e. The number of benzene rings is 1. The second-order valence-corrected chi connectivity index (χ2v) is 8.47. The number of alkyl halides is 2. The van der Waals surface area contributed by atoms with Gasteiger partial charge in [-0.05, 0) is 61.1 Å². The molecular weight excluding hydrogens is 384 g/mol. The highest BCUT2D eigenvalue weighted by atomic mass is 19.3. The summed E-state index contributed by atoms with van der Waals surface area (Å²) in [5.41, 5.74) is 2.93. The van der Waals surface area contributed by atoms with Crippen molar-refractivity contribution >= 4 is 16.6 Å². The first-order valence-corrected chi connectivity index (χ1v) is 10.7.